The molecule has 3 nitrogen and oxygen atoms in total. The van der Waals surface area contributed by atoms with Crippen molar-refractivity contribution >= 4 is 10.9 Å². The molecule has 2 aromatic carbocycles. The third-order valence-electron chi connectivity index (χ3n) is 3.51. The molecule has 0 saturated heterocycles. The molecule has 1 aromatic heterocycles. The van der Waals surface area contributed by atoms with Crippen LogP contribution < -0.4 is 10.5 Å². The number of hydrogen-bond donors (Lipinski definition) is 2. The number of hydrogen-bond acceptors (Lipinski definition) is 2. The van der Waals surface area contributed by atoms with Crippen LogP contribution >= 0.6 is 0 Å². The van der Waals surface area contributed by atoms with E-state index in [2.05, 4.69) is 4.98 Å². The van der Waals surface area contributed by atoms with Gasteiger partial charge in [0, 0.05) is 11.2 Å². The molecule has 0 saturated carbocycles. The Morgan fingerprint density at radius 2 is 1.90 bits per heavy atom. The molecule has 21 heavy (non-hydrogen) atoms. The average molecular weight is 288 g/mol. The lowest BCUT2D eigenvalue weighted by Gasteiger charge is -2.16. The minimum Gasteiger partial charge on any atom is -0.496 e. The van der Waals surface area contributed by atoms with Gasteiger partial charge in [0.15, 0.2) is 11.6 Å². The zero-order valence-corrected chi connectivity index (χ0v) is 11.4. The lowest BCUT2D eigenvalue weighted by molar-refractivity contribution is 0.394. The summed E-state index contributed by atoms with van der Waals surface area (Å²) in [6.07, 6.45) is 0. The first kappa shape index (κ1) is 13.6. The number of H-pyrrole nitrogens is 1. The minimum atomic E-state index is -0.986. The van der Waals surface area contributed by atoms with Crippen LogP contribution in [0, 0.1) is 11.6 Å². The first-order valence-corrected chi connectivity index (χ1v) is 6.47. The lowest BCUT2D eigenvalue weighted by Crippen LogP contribution is -2.16. The Labute approximate surface area is 120 Å². The van der Waals surface area contributed by atoms with Crippen molar-refractivity contribution in [1.29, 1.82) is 0 Å². The van der Waals surface area contributed by atoms with Gasteiger partial charge < -0.3 is 15.5 Å². The number of benzene rings is 2. The van der Waals surface area contributed by atoms with Crippen LogP contribution in [0.15, 0.2) is 42.5 Å². The van der Waals surface area contributed by atoms with E-state index in [1.165, 1.54) is 13.2 Å². The Morgan fingerprint density at radius 1 is 1.14 bits per heavy atom. The number of halogens is 2. The van der Waals surface area contributed by atoms with Crippen molar-refractivity contribution in [2.45, 2.75) is 6.04 Å². The van der Waals surface area contributed by atoms with Crippen molar-refractivity contribution in [1.82, 2.24) is 4.98 Å². The molecule has 0 fully saturated rings. The molecule has 108 valence electrons. The van der Waals surface area contributed by atoms with Crippen LogP contribution in [0.2, 0.25) is 0 Å². The third-order valence-corrected chi connectivity index (χ3v) is 3.51. The fourth-order valence-electron chi connectivity index (χ4n) is 2.44. The number of nitrogens with one attached hydrogen (secondary N) is 1. The van der Waals surface area contributed by atoms with Crippen molar-refractivity contribution in [2.75, 3.05) is 7.11 Å². The van der Waals surface area contributed by atoms with Gasteiger partial charge in [0.1, 0.15) is 5.75 Å². The molecule has 1 heterocycles. The summed E-state index contributed by atoms with van der Waals surface area (Å²) in [6.45, 7) is 0. The van der Waals surface area contributed by atoms with Crippen LogP contribution in [0.5, 0.6) is 5.75 Å². The van der Waals surface area contributed by atoms with E-state index in [4.69, 9.17) is 10.5 Å². The van der Waals surface area contributed by atoms with Crippen LogP contribution in [0.3, 0.4) is 0 Å². The van der Waals surface area contributed by atoms with Gasteiger partial charge in [-0.3, -0.25) is 0 Å². The highest BCUT2D eigenvalue weighted by Crippen LogP contribution is 2.32. The monoisotopic (exact) mass is 288 g/mol. The molecule has 0 spiro atoms. The summed E-state index contributed by atoms with van der Waals surface area (Å²) in [5.41, 5.74) is 7.60. The molecule has 0 aliphatic rings. The van der Waals surface area contributed by atoms with Crippen molar-refractivity contribution in [3.8, 4) is 5.75 Å². The van der Waals surface area contributed by atoms with E-state index >= 15 is 0 Å². The van der Waals surface area contributed by atoms with E-state index in [9.17, 15) is 8.78 Å². The van der Waals surface area contributed by atoms with Crippen LogP contribution in [0.25, 0.3) is 10.9 Å². The maximum Gasteiger partial charge on any atom is 0.167 e. The first-order chi connectivity index (χ1) is 10.1. The number of fused-ring (bicyclic) bond motifs is 1. The first-order valence-electron chi connectivity index (χ1n) is 6.47. The van der Waals surface area contributed by atoms with E-state index < -0.39 is 17.7 Å². The lowest BCUT2D eigenvalue weighted by atomic mass is 10.0. The molecule has 0 aliphatic heterocycles. The van der Waals surface area contributed by atoms with Crippen molar-refractivity contribution in [3.05, 3.63) is 65.4 Å². The average Bonchev–Trinajstić information content (AvgIpc) is 2.93. The Morgan fingerprint density at radius 3 is 2.62 bits per heavy atom. The van der Waals surface area contributed by atoms with Crippen LogP contribution in [0.4, 0.5) is 8.78 Å². The Hall–Kier alpha value is -2.40. The summed E-state index contributed by atoms with van der Waals surface area (Å²) in [4.78, 5) is 3.12. The van der Waals surface area contributed by atoms with Crippen LogP contribution in [-0.4, -0.2) is 12.1 Å². The fraction of sp³-hybridized carbons (Fsp3) is 0.125. The molecule has 3 N–H and O–H groups in total. The summed E-state index contributed by atoms with van der Waals surface area (Å²) in [6, 6.07) is 11.0. The molecule has 3 rings (SSSR count). The molecule has 0 radical (unpaired) electrons. The summed E-state index contributed by atoms with van der Waals surface area (Å²) < 4.78 is 32.7. The van der Waals surface area contributed by atoms with Crippen LogP contribution in [0.1, 0.15) is 17.3 Å². The normalized spacial score (nSPS) is 12.6. The molecule has 3 aromatic rings. The number of nitrogens with two attached hydrogens (primary N) is 1. The van der Waals surface area contributed by atoms with Gasteiger partial charge >= 0.3 is 0 Å². The zero-order valence-electron chi connectivity index (χ0n) is 11.4. The number of para-hydroxylation sites is 1. The second-order valence-electron chi connectivity index (χ2n) is 4.77. The predicted octanol–water partition coefficient (Wildman–Crippen LogP) is 3.50. The molecular weight excluding hydrogens is 274 g/mol. The van der Waals surface area contributed by atoms with E-state index in [1.807, 2.05) is 30.3 Å². The topological polar surface area (TPSA) is 51.0 Å². The number of rotatable bonds is 3. The summed E-state index contributed by atoms with van der Waals surface area (Å²) >= 11 is 0. The van der Waals surface area contributed by atoms with Crippen molar-refractivity contribution in [3.63, 3.8) is 0 Å². The maximum atomic E-state index is 14.1. The molecular formula is C16H14F2N2O. The summed E-state index contributed by atoms with van der Waals surface area (Å²) in [7, 11) is 1.40. The third kappa shape index (κ3) is 2.25. The largest absolute Gasteiger partial charge is 0.496 e. The van der Waals surface area contributed by atoms with E-state index in [1.54, 1.807) is 0 Å². The number of methoxy groups -OCH3 is 1. The Kier molecular flexibility index (Phi) is 3.35. The van der Waals surface area contributed by atoms with Gasteiger partial charge in [0.25, 0.3) is 0 Å². The van der Waals surface area contributed by atoms with Gasteiger partial charge in [-0.1, -0.05) is 18.2 Å². The second-order valence-corrected chi connectivity index (χ2v) is 4.77. The smallest absolute Gasteiger partial charge is 0.167 e. The van der Waals surface area contributed by atoms with Crippen molar-refractivity contribution in [2.24, 2.45) is 5.73 Å². The minimum absolute atomic E-state index is 0.00376. The maximum absolute atomic E-state index is 14.1. The van der Waals surface area contributed by atoms with E-state index in [0.717, 1.165) is 17.0 Å². The number of aromatic amines is 1. The van der Waals surface area contributed by atoms with Gasteiger partial charge in [-0.2, -0.15) is 0 Å². The van der Waals surface area contributed by atoms with E-state index in [-0.39, 0.29) is 11.3 Å². The second kappa shape index (κ2) is 5.18. The highest BCUT2D eigenvalue weighted by atomic mass is 19.2. The van der Waals surface area contributed by atoms with E-state index in [0.29, 0.717) is 5.69 Å². The molecule has 0 amide bonds. The quantitative estimate of drug-likeness (QED) is 0.775. The van der Waals surface area contributed by atoms with Gasteiger partial charge in [0.05, 0.1) is 18.7 Å². The SMILES string of the molecule is COc1ccc(F)c(F)c1C(N)c1cc2ccccc2[nH]1. The van der Waals surface area contributed by atoms with Crippen LogP contribution in [-0.2, 0) is 0 Å². The summed E-state index contributed by atoms with van der Waals surface area (Å²) in [5.74, 6) is -1.71. The van der Waals surface area contributed by atoms with Gasteiger partial charge in [-0.25, -0.2) is 8.78 Å². The van der Waals surface area contributed by atoms with Gasteiger partial charge in [0.2, 0.25) is 0 Å². The molecule has 5 heteroatoms. The Balaban J connectivity index is 2.13. The molecule has 0 aliphatic carbocycles. The fourth-order valence-corrected chi connectivity index (χ4v) is 2.44. The Bertz CT molecular complexity index is 765. The molecule has 0 bridgehead atoms. The predicted molar refractivity (Wildman–Crippen MR) is 77.2 cm³/mol. The molecule has 1 unspecified atom stereocenters. The number of ether oxygens (including phenoxy) is 1. The van der Waals surface area contributed by atoms with Crippen molar-refractivity contribution < 1.29 is 13.5 Å². The highest BCUT2D eigenvalue weighted by molar-refractivity contribution is 5.80. The molecule has 1 atom stereocenters. The van der Waals surface area contributed by atoms with Gasteiger partial charge in [-0.15, -0.1) is 0 Å². The summed E-state index contributed by atoms with van der Waals surface area (Å²) in [5, 5.41) is 0.957. The standard InChI is InChI=1S/C16H14F2N2O/c1-21-13-7-6-10(17)15(18)14(13)16(19)12-8-9-4-2-3-5-11(9)20-12/h2-8,16,20H,19H2,1H3. The number of aromatic nitrogens is 1. The zero-order chi connectivity index (χ0) is 15.0. The van der Waals surface area contributed by atoms with Gasteiger partial charge in [-0.05, 0) is 29.7 Å². The highest BCUT2D eigenvalue weighted by Gasteiger charge is 2.23.